The molecule has 0 radical (unpaired) electrons. The molecule has 1 heterocycles. The average molecular weight is 415 g/mol. The van der Waals surface area contributed by atoms with Gasteiger partial charge in [-0.1, -0.05) is 72.8 Å². The molecule has 2 N–H and O–H groups in total. The summed E-state index contributed by atoms with van der Waals surface area (Å²) in [7, 11) is 0. The maximum atomic E-state index is 5.57. The van der Waals surface area contributed by atoms with Gasteiger partial charge in [-0.05, 0) is 54.9 Å². The molecule has 3 aromatic carbocycles. The van der Waals surface area contributed by atoms with E-state index in [4.69, 9.17) is 17.3 Å². The molecule has 0 aliphatic heterocycles. The van der Waals surface area contributed by atoms with Crippen LogP contribution in [-0.2, 0) is 6.54 Å². The molecular weight excluding hydrogens is 388 g/mol. The molecule has 0 aliphatic rings. The van der Waals surface area contributed by atoms with Gasteiger partial charge in [-0.2, -0.15) is 5.10 Å². The maximum absolute atomic E-state index is 5.57. The SMILES string of the molecule is Cc1nn(Cc2cccc3ccccc23)c(C)c1NC(=S)NC(C)c1ccccc1. The van der Waals surface area contributed by atoms with Crippen molar-refractivity contribution < 1.29 is 0 Å². The summed E-state index contributed by atoms with van der Waals surface area (Å²) in [5, 5.41) is 14.6. The number of rotatable bonds is 5. The summed E-state index contributed by atoms with van der Waals surface area (Å²) in [4.78, 5) is 0. The highest BCUT2D eigenvalue weighted by atomic mass is 32.1. The van der Waals surface area contributed by atoms with Crippen LogP contribution in [0.1, 0.15) is 35.5 Å². The van der Waals surface area contributed by atoms with Gasteiger partial charge in [-0.15, -0.1) is 0 Å². The Morgan fingerprint density at radius 2 is 1.67 bits per heavy atom. The standard InChI is InChI=1S/C25H26N4S/c1-17(20-10-5-4-6-11-20)26-25(30)27-24-18(2)28-29(19(24)3)16-22-14-9-13-21-12-7-8-15-23(21)22/h4-15,17H,16H2,1-3H3,(H2,26,27,30). The van der Waals surface area contributed by atoms with Crippen LogP contribution in [0.25, 0.3) is 10.8 Å². The molecule has 1 atom stereocenters. The summed E-state index contributed by atoms with van der Waals surface area (Å²) in [6.45, 7) is 6.91. The molecule has 0 aliphatic carbocycles. The van der Waals surface area contributed by atoms with Gasteiger partial charge < -0.3 is 10.6 Å². The van der Waals surface area contributed by atoms with E-state index in [9.17, 15) is 0 Å². The predicted molar refractivity (Wildman–Crippen MR) is 129 cm³/mol. The third kappa shape index (κ3) is 4.21. The van der Waals surface area contributed by atoms with Crippen LogP contribution in [0.15, 0.2) is 72.8 Å². The second-order valence-electron chi connectivity index (χ2n) is 7.57. The van der Waals surface area contributed by atoms with E-state index in [2.05, 4.69) is 79.1 Å². The van der Waals surface area contributed by atoms with Crippen molar-refractivity contribution >= 4 is 33.8 Å². The number of anilines is 1. The van der Waals surface area contributed by atoms with Crippen LogP contribution < -0.4 is 10.6 Å². The first-order chi connectivity index (χ1) is 14.5. The number of hydrogen-bond donors (Lipinski definition) is 2. The largest absolute Gasteiger partial charge is 0.356 e. The fourth-order valence-corrected chi connectivity index (χ4v) is 4.07. The molecule has 5 heteroatoms. The number of aryl methyl sites for hydroxylation is 1. The van der Waals surface area contributed by atoms with E-state index < -0.39 is 0 Å². The van der Waals surface area contributed by atoms with Gasteiger partial charge in [0.05, 0.1) is 29.7 Å². The van der Waals surface area contributed by atoms with Crippen molar-refractivity contribution in [1.29, 1.82) is 0 Å². The van der Waals surface area contributed by atoms with Crippen molar-refractivity contribution in [3.63, 3.8) is 0 Å². The van der Waals surface area contributed by atoms with Gasteiger partial charge in [0.25, 0.3) is 0 Å². The lowest BCUT2D eigenvalue weighted by molar-refractivity contribution is 0.662. The topological polar surface area (TPSA) is 41.9 Å². The smallest absolute Gasteiger partial charge is 0.171 e. The number of fused-ring (bicyclic) bond motifs is 1. The van der Waals surface area contributed by atoms with Gasteiger partial charge >= 0.3 is 0 Å². The quantitative estimate of drug-likeness (QED) is 0.408. The first kappa shape index (κ1) is 20.1. The normalized spacial score (nSPS) is 12.0. The summed E-state index contributed by atoms with van der Waals surface area (Å²) >= 11 is 5.57. The van der Waals surface area contributed by atoms with Crippen molar-refractivity contribution in [1.82, 2.24) is 15.1 Å². The third-order valence-electron chi connectivity index (χ3n) is 5.47. The third-order valence-corrected chi connectivity index (χ3v) is 5.69. The fraction of sp³-hybridized carbons (Fsp3) is 0.200. The van der Waals surface area contributed by atoms with Crippen LogP contribution in [-0.4, -0.2) is 14.9 Å². The first-order valence-corrected chi connectivity index (χ1v) is 10.6. The highest BCUT2D eigenvalue weighted by molar-refractivity contribution is 7.80. The van der Waals surface area contributed by atoms with Crippen molar-refractivity contribution in [2.45, 2.75) is 33.4 Å². The Hall–Kier alpha value is -3.18. The number of nitrogens with one attached hydrogen (secondary N) is 2. The summed E-state index contributed by atoms with van der Waals surface area (Å²) in [6, 6.07) is 25.3. The highest BCUT2D eigenvalue weighted by Crippen LogP contribution is 2.24. The summed E-state index contributed by atoms with van der Waals surface area (Å²) in [5.74, 6) is 0. The maximum Gasteiger partial charge on any atom is 0.171 e. The Labute approximate surface area is 182 Å². The lowest BCUT2D eigenvalue weighted by Gasteiger charge is -2.17. The van der Waals surface area contributed by atoms with E-state index in [-0.39, 0.29) is 6.04 Å². The number of hydrogen-bond acceptors (Lipinski definition) is 2. The Kier molecular flexibility index (Phi) is 5.81. The van der Waals surface area contributed by atoms with E-state index >= 15 is 0 Å². The number of nitrogens with zero attached hydrogens (tertiary/aromatic N) is 2. The van der Waals surface area contributed by atoms with Crippen LogP contribution in [0.4, 0.5) is 5.69 Å². The molecule has 30 heavy (non-hydrogen) atoms. The molecule has 4 rings (SSSR count). The van der Waals surface area contributed by atoms with Crippen molar-refractivity contribution in [3.8, 4) is 0 Å². The molecule has 0 fully saturated rings. The second-order valence-corrected chi connectivity index (χ2v) is 7.98. The monoisotopic (exact) mass is 414 g/mol. The number of benzene rings is 3. The van der Waals surface area contributed by atoms with Gasteiger partial charge in [0.15, 0.2) is 5.11 Å². The Morgan fingerprint density at radius 3 is 2.47 bits per heavy atom. The Bertz CT molecular complexity index is 1180. The molecule has 0 spiro atoms. The van der Waals surface area contributed by atoms with Crippen molar-refractivity contribution in [2.24, 2.45) is 0 Å². The molecule has 0 saturated carbocycles. The first-order valence-electron chi connectivity index (χ1n) is 10.2. The van der Waals surface area contributed by atoms with Gasteiger partial charge in [0, 0.05) is 0 Å². The van der Waals surface area contributed by atoms with Gasteiger partial charge in [0.1, 0.15) is 0 Å². The van der Waals surface area contributed by atoms with E-state index in [1.807, 2.05) is 29.8 Å². The molecule has 0 saturated heterocycles. The second kappa shape index (κ2) is 8.67. The van der Waals surface area contributed by atoms with Crippen molar-refractivity contribution in [2.75, 3.05) is 5.32 Å². The lowest BCUT2D eigenvalue weighted by Crippen LogP contribution is -2.31. The summed E-state index contributed by atoms with van der Waals surface area (Å²) in [6.07, 6.45) is 0. The van der Waals surface area contributed by atoms with Crippen LogP contribution in [0.3, 0.4) is 0 Å². The molecule has 0 bridgehead atoms. The molecular formula is C25H26N4S. The van der Waals surface area contributed by atoms with E-state index in [0.717, 1.165) is 23.6 Å². The summed E-state index contributed by atoms with van der Waals surface area (Å²) in [5.41, 5.74) is 5.42. The lowest BCUT2D eigenvalue weighted by atomic mass is 10.0. The molecule has 1 unspecified atom stereocenters. The van der Waals surface area contributed by atoms with E-state index in [1.165, 1.54) is 21.9 Å². The molecule has 4 aromatic rings. The molecule has 152 valence electrons. The Morgan fingerprint density at radius 1 is 0.967 bits per heavy atom. The molecule has 4 nitrogen and oxygen atoms in total. The zero-order valence-corrected chi connectivity index (χ0v) is 18.3. The zero-order valence-electron chi connectivity index (χ0n) is 17.5. The van der Waals surface area contributed by atoms with Gasteiger partial charge in [-0.25, -0.2) is 0 Å². The highest BCUT2D eigenvalue weighted by Gasteiger charge is 2.15. The minimum atomic E-state index is 0.123. The van der Waals surface area contributed by atoms with Crippen LogP contribution in [0.5, 0.6) is 0 Å². The van der Waals surface area contributed by atoms with E-state index in [1.54, 1.807) is 0 Å². The number of aromatic nitrogens is 2. The zero-order chi connectivity index (χ0) is 21.1. The minimum Gasteiger partial charge on any atom is -0.356 e. The van der Waals surface area contributed by atoms with Crippen LogP contribution >= 0.6 is 12.2 Å². The van der Waals surface area contributed by atoms with Crippen LogP contribution in [0, 0.1) is 13.8 Å². The fourth-order valence-electron chi connectivity index (χ4n) is 3.79. The summed E-state index contributed by atoms with van der Waals surface area (Å²) < 4.78 is 2.04. The molecule has 1 aromatic heterocycles. The predicted octanol–water partition coefficient (Wildman–Crippen LogP) is 5.75. The van der Waals surface area contributed by atoms with Gasteiger partial charge in [-0.3, -0.25) is 4.68 Å². The number of thiocarbonyl (C=S) groups is 1. The van der Waals surface area contributed by atoms with Gasteiger partial charge in [0.2, 0.25) is 0 Å². The molecule has 0 amide bonds. The Balaban J connectivity index is 1.51. The van der Waals surface area contributed by atoms with Crippen molar-refractivity contribution in [3.05, 3.63) is 95.3 Å². The minimum absolute atomic E-state index is 0.123. The van der Waals surface area contributed by atoms with E-state index in [0.29, 0.717) is 5.11 Å². The van der Waals surface area contributed by atoms with Crippen LogP contribution in [0.2, 0.25) is 0 Å². The average Bonchev–Trinajstić information content (AvgIpc) is 3.02.